The molecule has 0 atom stereocenters. The standard InChI is InChI=1S/C19H18N2O2/c1-12-9-13(2)11-15(10-12)20-21-16-8-7-14-5-4-6-17(23-3)18(14)19(16)22/h4-11,22H,1-3H3. The summed E-state index contributed by atoms with van der Waals surface area (Å²) in [4.78, 5) is 0. The van der Waals surface area contributed by atoms with E-state index in [0.717, 1.165) is 22.2 Å². The fourth-order valence-electron chi connectivity index (χ4n) is 2.69. The van der Waals surface area contributed by atoms with E-state index in [2.05, 4.69) is 16.3 Å². The van der Waals surface area contributed by atoms with Gasteiger partial charge in [-0.05, 0) is 54.6 Å². The Balaban J connectivity index is 2.06. The molecule has 3 aromatic carbocycles. The number of ether oxygens (including phenoxy) is 1. The first kappa shape index (κ1) is 15.0. The van der Waals surface area contributed by atoms with Crippen molar-refractivity contribution in [3.05, 3.63) is 59.7 Å². The first-order valence-corrected chi connectivity index (χ1v) is 7.37. The SMILES string of the molecule is COc1cccc2ccc(N=Nc3cc(C)cc(C)c3)c(O)c12. The van der Waals surface area contributed by atoms with E-state index in [1.807, 2.05) is 50.2 Å². The van der Waals surface area contributed by atoms with Crippen LogP contribution in [-0.2, 0) is 0 Å². The molecule has 0 saturated heterocycles. The van der Waals surface area contributed by atoms with Crippen LogP contribution in [-0.4, -0.2) is 12.2 Å². The highest BCUT2D eigenvalue weighted by molar-refractivity contribution is 5.97. The Labute approximate surface area is 135 Å². The van der Waals surface area contributed by atoms with Crippen LogP contribution in [0.4, 0.5) is 11.4 Å². The van der Waals surface area contributed by atoms with Gasteiger partial charge in [-0.1, -0.05) is 24.3 Å². The van der Waals surface area contributed by atoms with E-state index >= 15 is 0 Å². The fourth-order valence-corrected chi connectivity index (χ4v) is 2.69. The minimum Gasteiger partial charge on any atom is -0.505 e. The molecule has 23 heavy (non-hydrogen) atoms. The van der Waals surface area contributed by atoms with E-state index in [0.29, 0.717) is 16.8 Å². The van der Waals surface area contributed by atoms with Gasteiger partial charge in [-0.15, -0.1) is 5.11 Å². The van der Waals surface area contributed by atoms with Gasteiger partial charge in [0.2, 0.25) is 0 Å². The molecule has 0 saturated carbocycles. The van der Waals surface area contributed by atoms with E-state index in [4.69, 9.17) is 4.74 Å². The van der Waals surface area contributed by atoms with Crippen LogP contribution in [0.1, 0.15) is 11.1 Å². The predicted molar refractivity (Wildman–Crippen MR) is 92.3 cm³/mol. The number of hydrogen-bond acceptors (Lipinski definition) is 4. The highest BCUT2D eigenvalue weighted by Gasteiger charge is 2.10. The maximum atomic E-state index is 10.5. The van der Waals surface area contributed by atoms with Crippen molar-refractivity contribution in [3.8, 4) is 11.5 Å². The highest BCUT2D eigenvalue weighted by atomic mass is 16.5. The van der Waals surface area contributed by atoms with E-state index in [1.54, 1.807) is 13.2 Å². The van der Waals surface area contributed by atoms with Crippen LogP contribution in [0.15, 0.2) is 58.8 Å². The van der Waals surface area contributed by atoms with Crippen molar-refractivity contribution < 1.29 is 9.84 Å². The number of phenols is 1. The van der Waals surface area contributed by atoms with Crippen LogP contribution >= 0.6 is 0 Å². The lowest BCUT2D eigenvalue weighted by Crippen LogP contribution is -1.85. The van der Waals surface area contributed by atoms with Crippen LogP contribution < -0.4 is 4.74 Å². The number of fused-ring (bicyclic) bond motifs is 1. The second-order valence-corrected chi connectivity index (χ2v) is 5.54. The van der Waals surface area contributed by atoms with Gasteiger partial charge in [-0.3, -0.25) is 0 Å². The molecule has 0 bridgehead atoms. The molecule has 0 heterocycles. The van der Waals surface area contributed by atoms with Crippen molar-refractivity contribution >= 4 is 22.1 Å². The summed E-state index contributed by atoms with van der Waals surface area (Å²) >= 11 is 0. The molecule has 1 N–H and O–H groups in total. The van der Waals surface area contributed by atoms with Crippen LogP contribution in [0.25, 0.3) is 10.8 Å². The zero-order valence-electron chi connectivity index (χ0n) is 13.4. The molecule has 116 valence electrons. The fraction of sp³-hybridized carbons (Fsp3) is 0.158. The number of rotatable bonds is 3. The molecule has 3 aromatic rings. The summed E-state index contributed by atoms with van der Waals surface area (Å²) in [5, 5.41) is 20.5. The number of phenolic OH excluding ortho intramolecular Hbond substituents is 1. The summed E-state index contributed by atoms with van der Waals surface area (Å²) in [6.45, 7) is 4.04. The van der Waals surface area contributed by atoms with Crippen LogP contribution in [0.3, 0.4) is 0 Å². The normalized spacial score (nSPS) is 11.3. The van der Waals surface area contributed by atoms with Crippen molar-refractivity contribution in [1.29, 1.82) is 0 Å². The van der Waals surface area contributed by atoms with Crippen LogP contribution in [0.5, 0.6) is 11.5 Å². The molecule has 0 radical (unpaired) electrons. The summed E-state index contributed by atoms with van der Waals surface area (Å²) in [7, 11) is 1.58. The maximum absolute atomic E-state index is 10.5. The number of aromatic hydroxyl groups is 1. The predicted octanol–water partition coefficient (Wildman–Crippen LogP) is 5.59. The lowest BCUT2D eigenvalue weighted by atomic mass is 10.1. The Bertz CT molecular complexity index is 881. The van der Waals surface area contributed by atoms with E-state index in [-0.39, 0.29) is 5.75 Å². The number of aryl methyl sites for hydroxylation is 2. The Morgan fingerprint density at radius 3 is 2.35 bits per heavy atom. The zero-order chi connectivity index (χ0) is 16.4. The average molecular weight is 306 g/mol. The zero-order valence-corrected chi connectivity index (χ0v) is 13.4. The third-order valence-electron chi connectivity index (χ3n) is 3.66. The molecular weight excluding hydrogens is 288 g/mol. The minimum absolute atomic E-state index is 0.0769. The van der Waals surface area contributed by atoms with Gasteiger partial charge < -0.3 is 9.84 Å². The largest absolute Gasteiger partial charge is 0.505 e. The second kappa shape index (κ2) is 6.08. The molecule has 0 aliphatic heterocycles. The van der Waals surface area contributed by atoms with Gasteiger partial charge >= 0.3 is 0 Å². The molecule has 0 aromatic heterocycles. The maximum Gasteiger partial charge on any atom is 0.154 e. The van der Waals surface area contributed by atoms with Crippen molar-refractivity contribution in [3.63, 3.8) is 0 Å². The molecule has 0 aliphatic carbocycles. The molecule has 0 fully saturated rings. The highest BCUT2D eigenvalue weighted by Crippen LogP contribution is 2.40. The topological polar surface area (TPSA) is 54.2 Å². The van der Waals surface area contributed by atoms with Crippen molar-refractivity contribution in [1.82, 2.24) is 0 Å². The third-order valence-corrected chi connectivity index (χ3v) is 3.66. The number of nitrogens with zero attached hydrogens (tertiary/aromatic N) is 2. The number of azo groups is 1. The Kier molecular flexibility index (Phi) is 3.98. The monoisotopic (exact) mass is 306 g/mol. The van der Waals surface area contributed by atoms with E-state index in [1.165, 1.54) is 0 Å². The molecule has 4 nitrogen and oxygen atoms in total. The second-order valence-electron chi connectivity index (χ2n) is 5.54. The minimum atomic E-state index is 0.0769. The molecular formula is C19H18N2O2. The molecule has 0 spiro atoms. The van der Waals surface area contributed by atoms with Gasteiger partial charge in [0.15, 0.2) is 5.75 Å². The molecule has 0 amide bonds. The molecule has 3 rings (SSSR count). The van der Waals surface area contributed by atoms with E-state index < -0.39 is 0 Å². The van der Waals surface area contributed by atoms with Crippen LogP contribution in [0.2, 0.25) is 0 Å². The molecule has 0 unspecified atom stereocenters. The summed E-state index contributed by atoms with van der Waals surface area (Å²) in [6, 6.07) is 15.3. The lowest BCUT2D eigenvalue weighted by Gasteiger charge is -2.08. The third kappa shape index (κ3) is 3.01. The smallest absolute Gasteiger partial charge is 0.154 e. The van der Waals surface area contributed by atoms with Crippen LogP contribution in [0, 0.1) is 13.8 Å². The Morgan fingerprint density at radius 1 is 0.913 bits per heavy atom. The summed E-state index contributed by atoms with van der Waals surface area (Å²) in [5.41, 5.74) is 3.44. The quantitative estimate of drug-likeness (QED) is 0.641. The van der Waals surface area contributed by atoms with Gasteiger partial charge in [0.25, 0.3) is 0 Å². The number of benzene rings is 3. The first-order chi connectivity index (χ1) is 11.1. The summed E-state index contributed by atoms with van der Waals surface area (Å²) < 4.78 is 5.33. The summed E-state index contributed by atoms with van der Waals surface area (Å²) in [5.74, 6) is 0.691. The van der Waals surface area contributed by atoms with Gasteiger partial charge in [0, 0.05) is 0 Å². The van der Waals surface area contributed by atoms with Crippen molar-refractivity contribution in [2.24, 2.45) is 10.2 Å². The number of methoxy groups -OCH3 is 1. The van der Waals surface area contributed by atoms with Crippen molar-refractivity contribution in [2.45, 2.75) is 13.8 Å². The van der Waals surface area contributed by atoms with E-state index in [9.17, 15) is 5.11 Å². The lowest BCUT2D eigenvalue weighted by molar-refractivity contribution is 0.416. The van der Waals surface area contributed by atoms with Crippen molar-refractivity contribution in [2.75, 3.05) is 7.11 Å². The molecule has 4 heteroatoms. The van der Waals surface area contributed by atoms with Gasteiger partial charge in [-0.25, -0.2) is 0 Å². The Morgan fingerprint density at radius 2 is 1.65 bits per heavy atom. The molecule has 0 aliphatic rings. The Hall–Kier alpha value is -2.88. The van der Waals surface area contributed by atoms with Gasteiger partial charge in [0.05, 0.1) is 18.2 Å². The van der Waals surface area contributed by atoms with Gasteiger partial charge in [-0.2, -0.15) is 5.11 Å². The first-order valence-electron chi connectivity index (χ1n) is 7.37. The number of hydrogen-bond donors (Lipinski definition) is 1. The average Bonchev–Trinajstić information content (AvgIpc) is 2.53. The van der Waals surface area contributed by atoms with Gasteiger partial charge in [0.1, 0.15) is 11.4 Å². The summed E-state index contributed by atoms with van der Waals surface area (Å²) in [6.07, 6.45) is 0.